The molecule has 0 saturated heterocycles. The molecular weight excluding hydrogens is 182 g/mol. The number of hydrogen-bond acceptors (Lipinski definition) is 4. The number of nitrogens with zero attached hydrogens (tertiary/aromatic N) is 2. The lowest BCUT2D eigenvalue weighted by molar-refractivity contribution is 0.956. The lowest BCUT2D eigenvalue weighted by Crippen LogP contribution is -2.06. The van der Waals surface area contributed by atoms with E-state index in [1.165, 1.54) is 5.75 Å². The van der Waals surface area contributed by atoms with Crippen LogP contribution in [0.15, 0.2) is 12.3 Å². The first-order valence-electron chi connectivity index (χ1n) is 4.35. The van der Waals surface area contributed by atoms with E-state index in [1.807, 2.05) is 24.8 Å². The van der Waals surface area contributed by atoms with E-state index >= 15 is 0 Å². The Balaban J connectivity index is 2.28. The monoisotopic (exact) mass is 197 g/mol. The molecule has 1 aromatic heterocycles. The van der Waals surface area contributed by atoms with Gasteiger partial charge in [-0.1, -0.05) is 0 Å². The van der Waals surface area contributed by atoms with Crippen LogP contribution in [-0.2, 0) is 0 Å². The molecule has 72 valence electrons. The Hall–Kier alpha value is -0.770. The molecule has 13 heavy (non-hydrogen) atoms. The Morgan fingerprint density at radius 2 is 2.38 bits per heavy atom. The van der Waals surface area contributed by atoms with E-state index in [1.54, 1.807) is 6.20 Å². The minimum atomic E-state index is 0.737. The fourth-order valence-corrected chi connectivity index (χ4v) is 1.38. The van der Waals surface area contributed by atoms with Gasteiger partial charge >= 0.3 is 0 Å². The Labute approximate surface area is 83.4 Å². The van der Waals surface area contributed by atoms with Crippen molar-refractivity contribution in [2.75, 3.05) is 23.9 Å². The highest BCUT2D eigenvalue weighted by Crippen LogP contribution is 2.00. The van der Waals surface area contributed by atoms with Crippen LogP contribution in [0.3, 0.4) is 0 Å². The second kappa shape index (κ2) is 5.80. The Morgan fingerprint density at radius 1 is 1.54 bits per heavy atom. The van der Waals surface area contributed by atoms with E-state index in [0.29, 0.717) is 0 Å². The fourth-order valence-electron chi connectivity index (χ4n) is 0.951. The van der Waals surface area contributed by atoms with Crippen LogP contribution in [-0.4, -0.2) is 28.5 Å². The maximum atomic E-state index is 4.24. The summed E-state index contributed by atoms with van der Waals surface area (Å²) in [6.07, 6.45) is 5.04. The molecule has 0 aromatic carbocycles. The van der Waals surface area contributed by atoms with Gasteiger partial charge in [-0.3, -0.25) is 0 Å². The minimum absolute atomic E-state index is 0.737. The summed E-state index contributed by atoms with van der Waals surface area (Å²) in [6, 6.07) is 1.90. The van der Waals surface area contributed by atoms with Gasteiger partial charge in [-0.2, -0.15) is 11.8 Å². The molecule has 1 N–H and O–H groups in total. The van der Waals surface area contributed by atoms with Crippen LogP contribution in [0.1, 0.15) is 12.1 Å². The van der Waals surface area contributed by atoms with Gasteiger partial charge < -0.3 is 5.32 Å². The smallest absolute Gasteiger partial charge is 0.222 e. The van der Waals surface area contributed by atoms with Crippen molar-refractivity contribution in [3.63, 3.8) is 0 Å². The summed E-state index contributed by atoms with van der Waals surface area (Å²) in [6.45, 7) is 2.92. The maximum Gasteiger partial charge on any atom is 0.222 e. The lowest BCUT2D eigenvalue weighted by Gasteiger charge is -2.03. The number of aromatic nitrogens is 2. The number of anilines is 1. The molecule has 0 amide bonds. The van der Waals surface area contributed by atoms with E-state index in [9.17, 15) is 0 Å². The van der Waals surface area contributed by atoms with E-state index in [0.717, 1.165) is 24.6 Å². The zero-order valence-electron chi connectivity index (χ0n) is 8.08. The molecule has 0 atom stereocenters. The van der Waals surface area contributed by atoms with Crippen molar-refractivity contribution in [3.05, 3.63) is 18.0 Å². The Kier molecular flexibility index (Phi) is 4.60. The maximum absolute atomic E-state index is 4.24. The van der Waals surface area contributed by atoms with E-state index in [-0.39, 0.29) is 0 Å². The highest BCUT2D eigenvalue weighted by Gasteiger charge is 1.93. The summed E-state index contributed by atoms with van der Waals surface area (Å²) < 4.78 is 0. The molecule has 1 heterocycles. The van der Waals surface area contributed by atoms with Gasteiger partial charge in [0.15, 0.2) is 0 Å². The number of nitrogens with one attached hydrogen (secondary N) is 1. The molecule has 0 aliphatic carbocycles. The van der Waals surface area contributed by atoms with Gasteiger partial charge in [0.2, 0.25) is 5.95 Å². The summed E-state index contributed by atoms with van der Waals surface area (Å²) in [4.78, 5) is 8.35. The van der Waals surface area contributed by atoms with Crippen LogP contribution in [0.25, 0.3) is 0 Å². The van der Waals surface area contributed by atoms with Crippen LogP contribution in [0, 0.1) is 6.92 Å². The predicted molar refractivity (Wildman–Crippen MR) is 58.3 cm³/mol. The molecule has 0 fully saturated rings. The van der Waals surface area contributed by atoms with Crippen LogP contribution in [0.4, 0.5) is 5.95 Å². The van der Waals surface area contributed by atoms with Crippen LogP contribution >= 0.6 is 11.8 Å². The highest BCUT2D eigenvalue weighted by molar-refractivity contribution is 7.98. The van der Waals surface area contributed by atoms with Crippen molar-refractivity contribution >= 4 is 17.7 Å². The standard InChI is InChI=1S/C9H15N3S/c1-8-4-6-11-9(12-8)10-5-3-7-13-2/h4,6H,3,5,7H2,1-2H3,(H,10,11,12). The minimum Gasteiger partial charge on any atom is -0.354 e. The largest absolute Gasteiger partial charge is 0.354 e. The lowest BCUT2D eigenvalue weighted by atomic mass is 10.4. The quantitative estimate of drug-likeness (QED) is 0.732. The molecule has 3 nitrogen and oxygen atoms in total. The van der Waals surface area contributed by atoms with Gasteiger partial charge in [0.05, 0.1) is 0 Å². The van der Waals surface area contributed by atoms with Crippen molar-refractivity contribution in [2.24, 2.45) is 0 Å². The molecule has 0 aliphatic heterocycles. The molecule has 0 unspecified atom stereocenters. The van der Waals surface area contributed by atoms with Gasteiger partial charge in [-0.05, 0) is 31.4 Å². The van der Waals surface area contributed by atoms with Crippen LogP contribution in [0.2, 0.25) is 0 Å². The van der Waals surface area contributed by atoms with Crippen molar-refractivity contribution in [2.45, 2.75) is 13.3 Å². The van der Waals surface area contributed by atoms with Crippen molar-refractivity contribution < 1.29 is 0 Å². The first-order valence-corrected chi connectivity index (χ1v) is 5.75. The average molecular weight is 197 g/mol. The second-order valence-electron chi connectivity index (χ2n) is 2.79. The molecule has 4 heteroatoms. The van der Waals surface area contributed by atoms with Crippen LogP contribution in [0.5, 0.6) is 0 Å². The third-order valence-corrected chi connectivity index (χ3v) is 2.30. The van der Waals surface area contributed by atoms with Crippen LogP contribution < -0.4 is 5.32 Å². The zero-order valence-corrected chi connectivity index (χ0v) is 8.90. The zero-order chi connectivity index (χ0) is 9.52. The SMILES string of the molecule is CSCCCNc1nccc(C)n1. The predicted octanol–water partition coefficient (Wildman–Crippen LogP) is 1.95. The second-order valence-corrected chi connectivity index (χ2v) is 3.78. The summed E-state index contributed by atoms with van der Waals surface area (Å²) in [7, 11) is 0. The molecule has 0 spiro atoms. The van der Waals surface area contributed by atoms with Crippen molar-refractivity contribution in [1.82, 2.24) is 9.97 Å². The number of hydrogen-bond donors (Lipinski definition) is 1. The topological polar surface area (TPSA) is 37.8 Å². The Bertz CT molecular complexity index is 252. The van der Waals surface area contributed by atoms with Gasteiger partial charge in [-0.15, -0.1) is 0 Å². The van der Waals surface area contributed by atoms with E-state index < -0.39 is 0 Å². The molecule has 1 aromatic rings. The molecule has 1 rings (SSSR count). The summed E-state index contributed by atoms with van der Waals surface area (Å²) in [5, 5.41) is 3.18. The van der Waals surface area contributed by atoms with Gasteiger partial charge in [0.1, 0.15) is 0 Å². The summed E-state index contributed by atoms with van der Waals surface area (Å²) in [5.74, 6) is 1.92. The normalized spacial score (nSPS) is 10.0. The average Bonchev–Trinajstić information content (AvgIpc) is 2.13. The number of aryl methyl sites for hydroxylation is 1. The van der Waals surface area contributed by atoms with Gasteiger partial charge in [-0.25, -0.2) is 9.97 Å². The Morgan fingerprint density at radius 3 is 3.08 bits per heavy atom. The summed E-state index contributed by atoms with van der Waals surface area (Å²) >= 11 is 1.86. The molecule has 0 bridgehead atoms. The molecule has 0 aliphatic rings. The van der Waals surface area contributed by atoms with Crippen molar-refractivity contribution in [3.8, 4) is 0 Å². The first-order chi connectivity index (χ1) is 6.33. The van der Waals surface area contributed by atoms with E-state index in [2.05, 4.69) is 21.5 Å². The molecule has 0 radical (unpaired) electrons. The molecular formula is C9H15N3S. The fraction of sp³-hybridized carbons (Fsp3) is 0.556. The number of thioether (sulfide) groups is 1. The highest BCUT2D eigenvalue weighted by atomic mass is 32.2. The van der Waals surface area contributed by atoms with Crippen molar-refractivity contribution in [1.29, 1.82) is 0 Å². The number of rotatable bonds is 5. The molecule has 0 saturated carbocycles. The first kappa shape index (κ1) is 10.3. The third-order valence-electron chi connectivity index (χ3n) is 1.60. The van der Waals surface area contributed by atoms with Gasteiger partial charge in [0, 0.05) is 18.4 Å². The summed E-state index contributed by atoms with van der Waals surface area (Å²) in [5.41, 5.74) is 1.00. The van der Waals surface area contributed by atoms with E-state index in [4.69, 9.17) is 0 Å². The van der Waals surface area contributed by atoms with Gasteiger partial charge in [0.25, 0.3) is 0 Å². The third kappa shape index (κ3) is 4.12.